The fourth-order valence-corrected chi connectivity index (χ4v) is 2.48. The van der Waals surface area contributed by atoms with E-state index in [2.05, 4.69) is 11.0 Å². The lowest BCUT2D eigenvalue weighted by atomic mass is 10.1. The van der Waals surface area contributed by atoms with Crippen molar-refractivity contribution in [3.05, 3.63) is 29.8 Å². The van der Waals surface area contributed by atoms with E-state index in [4.69, 9.17) is 0 Å². The van der Waals surface area contributed by atoms with Crippen LogP contribution in [0, 0.1) is 0 Å². The van der Waals surface area contributed by atoms with Crippen molar-refractivity contribution >= 4 is 11.6 Å². The lowest BCUT2D eigenvalue weighted by Crippen LogP contribution is -2.45. The summed E-state index contributed by atoms with van der Waals surface area (Å²) < 4.78 is 0. The highest BCUT2D eigenvalue weighted by Gasteiger charge is 2.28. The summed E-state index contributed by atoms with van der Waals surface area (Å²) in [7, 11) is 2.03. The van der Waals surface area contributed by atoms with Crippen molar-refractivity contribution in [1.29, 1.82) is 0 Å². The van der Waals surface area contributed by atoms with Crippen LogP contribution >= 0.6 is 0 Å². The Balaban J connectivity index is 2.34. The second kappa shape index (κ2) is 4.98. The summed E-state index contributed by atoms with van der Waals surface area (Å²) in [6, 6.07) is 8.18. The van der Waals surface area contributed by atoms with E-state index in [0.717, 1.165) is 17.8 Å². The molecule has 18 heavy (non-hydrogen) atoms. The number of carbonyl (C=O) groups excluding carboxylic acids is 1. The summed E-state index contributed by atoms with van der Waals surface area (Å²) in [5.41, 5.74) is 2.28. The smallest absolute Gasteiger partial charge is 0.251 e. The Hall–Kier alpha value is -1.55. The molecule has 2 rings (SSSR count). The standard InChI is InChI=1S/C14H20N2O2/c1-10-8-15(3)13-7-5-4-6-12(13)9-16(10)14(18)11(2)17/h4-7,10-11,17H,8-9H2,1-3H3. The average Bonchev–Trinajstić information content (AvgIpc) is 2.46. The van der Waals surface area contributed by atoms with Gasteiger partial charge in [-0.3, -0.25) is 4.79 Å². The SMILES string of the molecule is CC(O)C(=O)N1Cc2ccccc2N(C)CC1C. The molecule has 1 aromatic rings. The van der Waals surface area contributed by atoms with Crippen molar-refractivity contribution in [3.63, 3.8) is 0 Å². The Morgan fingerprint density at radius 1 is 1.44 bits per heavy atom. The third-order valence-electron chi connectivity index (χ3n) is 3.45. The lowest BCUT2D eigenvalue weighted by Gasteiger charge is -2.29. The lowest BCUT2D eigenvalue weighted by molar-refractivity contribution is -0.141. The topological polar surface area (TPSA) is 43.8 Å². The molecule has 0 spiro atoms. The minimum absolute atomic E-state index is 0.0875. The first kappa shape index (κ1) is 12.9. The zero-order chi connectivity index (χ0) is 13.3. The van der Waals surface area contributed by atoms with Crippen LogP contribution in [0.25, 0.3) is 0 Å². The maximum absolute atomic E-state index is 12.0. The molecule has 1 aliphatic heterocycles. The maximum atomic E-state index is 12.0. The first-order valence-corrected chi connectivity index (χ1v) is 6.28. The number of benzene rings is 1. The monoisotopic (exact) mass is 248 g/mol. The van der Waals surface area contributed by atoms with E-state index in [1.807, 2.05) is 32.2 Å². The number of aliphatic hydroxyl groups is 1. The highest BCUT2D eigenvalue weighted by molar-refractivity contribution is 5.81. The fourth-order valence-electron chi connectivity index (χ4n) is 2.48. The maximum Gasteiger partial charge on any atom is 0.251 e. The molecular formula is C14H20N2O2. The fraction of sp³-hybridized carbons (Fsp3) is 0.500. The zero-order valence-electron chi connectivity index (χ0n) is 11.1. The van der Waals surface area contributed by atoms with Gasteiger partial charge in [0.05, 0.1) is 0 Å². The van der Waals surface area contributed by atoms with Gasteiger partial charge in [-0.05, 0) is 25.5 Å². The number of aliphatic hydroxyl groups excluding tert-OH is 1. The summed E-state index contributed by atoms with van der Waals surface area (Å²) in [6.45, 7) is 4.87. The molecule has 0 aromatic heterocycles. The van der Waals surface area contributed by atoms with Crippen LogP contribution < -0.4 is 4.90 Å². The van der Waals surface area contributed by atoms with E-state index in [0.29, 0.717) is 6.54 Å². The largest absolute Gasteiger partial charge is 0.384 e. The number of anilines is 1. The Labute approximate surface area is 108 Å². The zero-order valence-corrected chi connectivity index (χ0v) is 11.1. The molecule has 1 heterocycles. The molecule has 0 saturated heterocycles. The van der Waals surface area contributed by atoms with Crippen LogP contribution in [0.15, 0.2) is 24.3 Å². The van der Waals surface area contributed by atoms with Crippen LogP contribution in [0.4, 0.5) is 5.69 Å². The van der Waals surface area contributed by atoms with Crippen LogP contribution in [0.5, 0.6) is 0 Å². The van der Waals surface area contributed by atoms with Gasteiger partial charge in [0.15, 0.2) is 0 Å². The van der Waals surface area contributed by atoms with Crippen molar-refractivity contribution < 1.29 is 9.90 Å². The molecule has 4 heteroatoms. The van der Waals surface area contributed by atoms with Crippen LogP contribution in [0.1, 0.15) is 19.4 Å². The van der Waals surface area contributed by atoms with Gasteiger partial charge in [0.25, 0.3) is 5.91 Å². The van der Waals surface area contributed by atoms with Gasteiger partial charge >= 0.3 is 0 Å². The van der Waals surface area contributed by atoms with E-state index in [1.54, 1.807) is 4.90 Å². The van der Waals surface area contributed by atoms with Gasteiger partial charge in [-0.1, -0.05) is 18.2 Å². The van der Waals surface area contributed by atoms with Crippen molar-refractivity contribution in [2.24, 2.45) is 0 Å². The Kier molecular flexibility index (Phi) is 3.57. The second-order valence-corrected chi connectivity index (χ2v) is 5.00. The van der Waals surface area contributed by atoms with Crippen molar-refractivity contribution in [1.82, 2.24) is 4.90 Å². The molecule has 1 aliphatic rings. The van der Waals surface area contributed by atoms with Gasteiger partial charge < -0.3 is 14.9 Å². The number of rotatable bonds is 1. The number of hydrogen-bond acceptors (Lipinski definition) is 3. The van der Waals surface area contributed by atoms with Crippen LogP contribution in [-0.2, 0) is 11.3 Å². The predicted octanol–water partition coefficient (Wildman–Crippen LogP) is 1.23. The summed E-state index contributed by atoms with van der Waals surface area (Å²) in [5, 5.41) is 9.49. The number of para-hydroxylation sites is 1. The van der Waals surface area contributed by atoms with E-state index >= 15 is 0 Å². The third kappa shape index (κ3) is 2.34. The van der Waals surface area contributed by atoms with Crippen LogP contribution in [0.3, 0.4) is 0 Å². The molecule has 0 bridgehead atoms. The molecule has 0 aliphatic carbocycles. The first-order chi connectivity index (χ1) is 8.50. The first-order valence-electron chi connectivity index (χ1n) is 6.28. The molecule has 98 valence electrons. The number of carbonyl (C=O) groups is 1. The van der Waals surface area contributed by atoms with Crippen LogP contribution in [0.2, 0.25) is 0 Å². The summed E-state index contributed by atoms with van der Waals surface area (Å²) in [6.07, 6.45) is -0.942. The van der Waals surface area contributed by atoms with E-state index in [9.17, 15) is 9.90 Å². The minimum Gasteiger partial charge on any atom is -0.384 e. The molecule has 4 nitrogen and oxygen atoms in total. The van der Waals surface area contributed by atoms with E-state index < -0.39 is 6.10 Å². The summed E-state index contributed by atoms with van der Waals surface area (Å²) >= 11 is 0. The summed E-state index contributed by atoms with van der Waals surface area (Å²) in [4.78, 5) is 16.0. The number of nitrogens with zero attached hydrogens (tertiary/aromatic N) is 2. The molecule has 0 fully saturated rings. The van der Waals surface area contributed by atoms with Gasteiger partial charge in [0, 0.05) is 31.9 Å². The third-order valence-corrected chi connectivity index (χ3v) is 3.45. The molecule has 2 unspecified atom stereocenters. The second-order valence-electron chi connectivity index (χ2n) is 5.00. The van der Waals surface area contributed by atoms with Gasteiger partial charge in [-0.15, -0.1) is 0 Å². The van der Waals surface area contributed by atoms with Gasteiger partial charge in [0.1, 0.15) is 6.10 Å². The Morgan fingerprint density at radius 3 is 2.78 bits per heavy atom. The van der Waals surface area contributed by atoms with Crippen molar-refractivity contribution in [2.45, 2.75) is 32.5 Å². The van der Waals surface area contributed by atoms with Gasteiger partial charge in [-0.2, -0.15) is 0 Å². The highest BCUT2D eigenvalue weighted by Crippen LogP contribution is 2.26. The average molecular weight is 248 g/mol. The van der Waals surface area contributed by atoms with Crippen molar-refractivity contribution in [2.75, 3.05) is 18.5 Å². The Morgan fingerprint density at radius 2 is 2.11 bits per heavy atom. The molecule has 1 aromatic carbocycles. The number of likely N-dealkylation sites (N-methyl/N-ethyl adjacent to an activating group) is 1. The molecule has 0 radical (unpaired) electrons. The number of hydrogen-bond donors (Lipinski definition) is 1. The molecule has 0 saturated carbocycles. The molecular weight excluding hydrogens is 228 g/mol. The quantitative estimate of drug-likeness (QED) is 0.813. The molecule has 1 N–H and O–H groups in total. The highest BCUT2D eigenvalue weighted by atomic mass is 16.3. The predicted molar refractivity (Wildman–Crippen MR) is 71.4 cm³/mol. The van der Waals surface area contributed by atoms with Gasteiger partial charge in [0.2, 0.25) is 0 Å². The minimum atomic E-state index is -0.942. The van der Waals surface area contributed by atoms with Crippen molar-refractivity contribution in [3.8, 4) is 0 Å². The summed E-state index contributed by atoms with van der Waals surface area (Å²) in [5.74, 6) is -0.201. The molecule has 1 amide bonds. The molecule has 2 atom stereocenters. The Bertz CT molecular complexity index is 445. The van der Waals surface area contributed by atoms with Gasteiger partial charge in [-0.25, -0.2) is 0 Å². The van der Waals surface area contributed by atoms with E-state index in [1.165, 1.54) is 6.92 Å². The van der Waals surface area contributed by atoms with E-state index in [-0.39, 0.29) is 11.9 Å². The number of fused-ring (bicyclic) bond motifs is 1. The van der Waals surface area contributed by atoms with Crippen LogP contribution in [-0.4, -0.2) is 41.7 Å². The normalized spacial score (nSPS) is 21.2. The number of amides is 1.